The van der Waals surface area contributed by atoms with Crippen LogP contribution in [0.1, 0.15) is 28.4 Å². The molecule has 0 aliphatic rings. The van der Waals surface area contributed by atoms with Crippen molar-refractivity contribution in [2.75, 3.05) is 11.9 Å². The lowest BCUT2D eigenvalue weighted by Gasteiger charge is -2.09. The van der Waals surface area contributed by atoms with Crippen molar-refractivity contribution in [2.24, 2.45) is 0 Å². The van der Waals surface area contributed by atoms with E-state index in [1.54, 1.807) is 24.3 Å². The number of hydrogen-bond acceptors (Lipinski definition) is 3. The fraction of sp³-hybridized carbons (Fsp3) is 0.222. The van der Waals surface area contributed by atoms with Gasteiger partial charge in [0.25, 0.3) is 0 Å². The molecule has 0 saturated carbocycles. The van der Waals surface area contributed by atoms with Gasteiger partial charge in [0.1, 0.15) is 0 Å². The highest BCUT2D eigenvalue weighted by molar-refractivity contribution is 5.96. The van der Waals surface area contributed by atoms with Crippen LogP contribution in [0.5, 0.6) is 0 Å². The molecule has 0 radical (unpaired) electrons. The van der Waals surface area contributed by atoms with Crippen LogP contribution in [0.25, 0.3) is 0 Å². The van der Waals surface area contributed by atoms with Gasteiger partial charge < -0.3 is 10.6 Å². The third-order valence-electron chi connectivity index (χ3n) is 3.44. The minimum Gasteiger partial charge on any atom is -0.325 e. The third-order valence-corrected chi connectivity index (χ3v) is 3.44. The van der Waals surface area contributed by atoms with Crippen molar-refractivity contribution in [3.05, 3.63) is 65.2 Å². The zero-order valence-electron chi connectivity index (χ0n) is 12.8. The summed E-state index contributed by atoms with van der Waals surface area (Å²) in [6.07, 6.45) is 0. The van der Waals surface area contributed by atoms with E-state index in [9.17, 15) is 9.59 Å². The van der Waals surface area contributed by atoms with Gasteiger partial charge in [0, 0.05) is 17.8 Å². The number of amides is 1. The van der Waals surface area contributed by atoms with E-state index >= 15 is 0 Å². The number of Topliss-reactive ketones (excluding diaryl/α,β-unsaturated/α-hetero) is 1. The Morgan fingerprint density at radius 1 is 1.00 bits per heavy atom. The van der Waals surface area contributed by atoms with E-state index in [1.807, 2.05) is 31.2 Å². The Hall–Kier alpha value is -2.46. The van der Waals surface area contributed by atoms with E-state index in [-0.39, 0.29) is 18.2 Å². The van der Waals surface area contributed by atoms with E-state index in [1.165, 1.54) is 18.1 Å². The highest BCUT2D eigenvalue weighted by atomic mass is 16.2. The first kappa shape index (κ1) is 15.9. The van der Waals surface area contributed by atoms with Gasteiger partial charge in [-0.3, -0.25) is 9.59 Å². The third kappa shape index (κ3) is 4.53. The van der Waals surface area contributed by atoms with Gasteiger partial charge in [0.15, 0.2) is 5.78 Å². The molecular weight excluding hydrogens is 276 g/mol. The van der Waals surface area contributed by atoms with Gasteiger partial charge in [0.2, 0.25) is 5.91 Å². The summed E-state index contributed by atoms with van der Waals surface area (Å²) < 4.78 is 0. The summed E-state index contributed by atoms with van der Waals surface area (Å²) in [6.45, 7) is 4.46. The maximum atomic E-state index is 11.9. The zero-order valence-corrected chi connectivity index (χ0v) is 12.8. The topological polar surface area (TPSA) is 58.2 Å². The lowest BCUT2D eigenvalue weighted by Crippen LogP contribution is -2.27. The molecule has 2 rings (SSSR count). The number of aryl methyl sites for hydroxylation is 1. The smallest absolute Gasteiger partial charge is 0.238 e. The van der Waals surface area contributed by atoms with Crippen LogP contribution in [0.15, 0.2) is 48.5 Å². The number of hydrogen-bond donors (Lipinski definition) is 2. The second kappa shape index (κ2) is 7.52. The van der Waals surface area contributed by atoms with Crippen LogP contribution in [-0.4, -0.2) is 18.2 Å². The minimum absolute atomic E-state index is 0.0118. The molecule has 0 saturated heterocycles. The maximum absolute atomic E-state index is 11.9. The summed E-state index contributed by atoms with van der Waals surface area (Å²) in [5, 5.41) is 5.92. The standard InChI is InChI=1S/C18H20N2O2/c1-13-5-3-4-6-16(13)11-19-12-18(22)20-17-9-7-15(8-10-17)14(2)21/h3-10,19H,11-12H2,1-2H3,(H,20,22). The summed E-state index contributed by atoms with van der Waals surface area (Å²) in [5.41, 5.74) is 3.71. The van der Waals surface area contributed by atoms with E-state index in [0.29, 0.717) is 17.8 Å². The molecule has 0 fully saturated rings. The second-order valence-corrected chi connectivity index (χ2v) is 5.21. The minimum atomic E-state index is -0.107. The second-order valence-electron chi connectivity index (χ2n) is 5.21. The van der Waals surface area contributed by atoms with Gasteiger partial charge in [-0.25, -0.2) is 0 Å². The summed E-state index contributed by atoms with van der Waals surface area (Å²) in [5.74, 6) is -0.0954. The Bertz CT molecular complexity index is 663. The summed E-state index contributed by atoms with van der Waals surface area (Å²) in [7, 11) is 0. The predicted octanol–water partition coefficient (Wildman–Crippen LogP) is 2.93. The highest BCUT2D eigenvalue weighted by Gasteiger charge is 2.04. The first-order valence-corrected chi connectivity index (χ1v) is 7.22. The van der Waals surface area contributed by atoms with E-state index < -0.39 is 0 Å². The molecule has 0 heterocycles. The maximum Gasteiger partial charge on any atom is 0.238 e. The SMILES string of the molecule is CC(=O)c1ccc(NC(=O)CNCc2ccccc2C)cc1. The average molecular weight is 296 g/mol. The normalized spacial score (nSPS) is 10.3. The van der Waals surface area contributed by atoms with E-state index in [4.69, 9.17) is 0 Å². The van der Waals surface area contributed by atoms with E-state index in [2.05, 4.69) is 10.6 Å². The van der Waals surface area contributed by atoms with Crippen LogP contribution in [0, 0.1) is 6.92 Å². The largest absolute Gasteiger partial charge is 0.325 e. The number of anilines is 1. The summed E-state index contributed by atoms with van der Waals surface area (Å²) in [6, 6.07) is 15.0. The number of ketones is 1. The number of rotatable bonds is 6. The quantitative estimate of drug-likeness (QED) is 0.806. The first-order valence-electron chi connectivity index (χ1n) is 7.22. The molecule has 2 N–H and O–H groups in total. The molecule has 4 heteroatoms. The average Bonchev–Trinajstić information content (AvgIpc) is 2.50. The van der Waals surface area contributed by atoms with E-state index in [0.717, 1.165) is 0 Å². The van der Waals surface area contributed by atoms with Gasteiger partial charge in [-0.2, -0.15) is 0 Å². The number of carbonyl (C=O) groups is 2. The van der Waals surface area contributed by atoms with Crippen molar-refractivity contribution >= 4 is 17.4 Å². The molecule has 2 aromatic rings. The van der Waals surface area contributed by atoms with Crippen molar-refractivity contribution in [1.82, 2.24) is 5.32 Å². The molecule has 0 atom stereocenters. The highest BCUT2D eigenvalue weighted by Crippen LogP contribution is 2.10. The molecule has 0 aliphatic carbocycles. The van der Waals surface area contributed by atoms with Crippen LogP contribution >= 0.6 is 0 Å². The Morgan fingerprint density at radius 3 is 2.32 bits per heavy atom. The lowest BCUT2D eigenvalue weighted by molar-refractivity contribution is -0.115. The summed E-state index contributed by atoms with van der Waals surface area (Å²) >= 11 is 0. The van der Waals surface area contributed by atoms with Crippen molar-refractivity contribution in [3.8, 4) is 0 Å². The fourth-order valence-corrected chi connectivity index (χ4v) is 2.11. The molecule has 4 nitrogen and oxygen atoms in total. The van der Waals surface area contributed by atoms with Gasteiger partial charge in [-0.1, -0.05) is 24.3 Å². The molecule has 0 bridgehead atoms. The van der Waals surface area contributed by atoms with Crippen molar-refractivity contribution in [3.63, 3.8) is 0 Å². The van der Waals surface area contributed by atoms with Gasteiger partial charge in [-0.15, -0.1) is 0 Å². The Kier molecular flexibility index (Phi) is 5.44. The Labute approximate surface area is 130 Å². The molecule has 2 aromatic carbocycles. The summed E-state index contributed by atoms with van der Waals surface area (Å²) in [4.78, 5) is 23.1. The molecule has 22 heavy (non-hydrogen) atoms. The molecule has 1 amide bonds. The molecule has 0 aliphatic heterocycles. The molecule has 0 spiro atoms. The number of benzene rings is 2. The lowest BCUT2D eigenvalue weighted by atomic mass is 10.1. The molecule has 0 aromatic heterocycles. The van der Waals surface area contributed by atoms with Crippen molar-refractivity contribution in [2.45, 2.75) is 20.4 Å². The van der Waals surface area contributed by atoms with Crippen molar-refractivity contribution < 1.29 is 9.59 Å². The number of nitrogens with one attached hydrogen (secondary N) is 2. The van der Waals surface area contributed by atoms with Crippen LogP contribution in [0.2, 0.25) is 0 Å². The van der Waals surface area contributed by atoms with Gasteiger partial charge >= 0.3 is 0 Å². The Balaban J connectivity index is 1.80. The van der Waals surface area contributed by atoms with Crippen LogP contribution in [0.4, 0.5) is 5.69 Å². The monoisotopic (exact) mass is 296 g/mol. The molecule has 114 valence electrons. The van der Waals surface area contributed by atoms with Crippen LogP contribution < -0.4 is 10.6 Å². The Morgan fingerprint density at radius 2 is 1.68 bits per heavy atom. The predicted molar refractivity (Wildman–Crippen MR) is 88.0 cm³/mol. The molecular formula is C18H20N2O2. The first-order chi connectivity index (χ1) is 10.6. The van der Waals surface area contributed by atoms with Gasteiger partial charge in [0.05, 0.1) is 6.54 Å². The number of carbonyl (C=O) groups excluding carboxylic acids is 2. The van der Waals surface area contributed by atoms with Crippen LogP contribution in [0.3, 0.4) is 0 Å². The fourth-order valence-electron chi connectivity index (χ4n) is 2.11. The zero-order chi connectivity index (χ0) is 15.9. The van der Waals surface area contributed by atoms with Crippen LogP contribution in [-0.2, 0) is 11.3 Å². The van der Waals surface area contributed by atoms with Crippen molar-refractivity contribution in [1.29, 1.82) is 0 Å². The molecule has 0 unspecified atom stereocenters. The van der Waals surface area contributed by atoms with Gasteiger partial charge in [-0.05, 0) is 49.2 Å².